The fraction of sp³-hybridized carbons (Fsp3) is 0.500. The molecule has 138 valence electrons. The van der Waals surface area contributed by atoms with Gasteiger partial charge in [-0.25, -0.2) is 0 Å². The number of likely N-dealkylation sites (tertiary alicyclic amines) is 1. The molecule has 2 aromatic rings. The normalized spacial score (nSPS) is 24.0. The third-order valence-corrected chi connectivity index (χ3v) is 5.60. The Labute approximate surface area is 153 Å². The summed E-state index contributed by atoms with van der Waals surface area (Å²) in [5.41, 5.74) is 0. The predicted molar refractivity (Wildman–Crippen MR) is 97.1 cm³/mol. The molecule has 1 aliphatic carbocycles. The molecule has 4 rings (SSSR count). The maximum Gasteiger partial charge on any atom is 0.225 e. The molecule has 1 saturated heterocycles. The Morgan fingerprint density at radius 2 is 2.15 bits per heavy atom. The number of amides is 1. The molecule has 1 aromatic carbocycles. The number of rotatable bonds is 7. The van der Waals surface area contributed by atoms with Gasteiger partial charge in [-0.2, -0.15) is 5.10 Å². The summed E-state index contributed by atoms with van der Waals surface area (Å²) in [4.78, 5) is 15.0. The summed E-state index contributed by atoms with van der Waals surface area (Å²) >= 11 is 0. The molecule has 0 unspecified atom stereocenters. The summed E-state index contributed by atoms with van der Waals surface area (Å²) in [7, 11) is 1.65. The van der Waals surface area contributed by atoms with Gasteiger partial charge in [0.2, 0.25) is 5.91 Å². The molecule has 1 saturated carbocycles. The van der Waals surface area contributed by atoms with Crippen molar-refractivity contribution >= 4 is 5.91 Å². The number of aromatic nitrogens is 2. The van der Waals surface area contributed by atoms with Gasteiger partial charge in [0.15, 0.2) is 0 Å². The van der Waals surface area contributed by atoms with Gasteiger partial charge in [0.1, 0.15) is 18.1 Å². The smallest absolute Gasteiger partial charge is 0.225 e. The monoisotopic (exact) mass is 355 g/mol. The molecule has 2 fully saturated rings. The number of piperidine rings is 1. The number of carbonyl (C=O) groups is 1. The zero-order chi connectivity index (χ0) is 17.9. The van der Waals surface area contributed by atoms with Crippen LogP contribution in [0.3, 0.4) is 0 Å². The number of hydrogen-bond donors (Lipinski definition) is 0. The Morgan fingerprint density at radius 1 is 1.27 bits per heavy atom. The maximum absolute atomic E-state index is 12.9. The topological polar surface area (TPSA) is 56.6 Å². The Hall–Kier alpha value is -2.50. The van der Waals surface area contributed by atoms with E-state index in [0.717, 1.165) is 24.3 Å². The summed E-state index contributed by atoms with van der Waals surface area (Å²) in [6, 6.07) is 10.1. The van der Waals surface area contributed by atoms with Crippen molar-refractivity contribution in [2.45, 2.75) is 44.3 Å². The minimum atomic E-state index is 0.171. The van der Waals surface area contributed by atoms with Crippen molar-refractivity contribution in [1.82, 2.24) is 14.7 Å². The van der Waals surface area contributed by atoms with Crippen LogP contribution < -0.4 is 9.47 Å². The first-order valence-corrected chi connectivity index (χ1v) is 9.30. The van der Waals surface area contributed by atoms with Gasteiger partial charge in [-0.1, -0.05) is 6.07 Å². The van der Waals surface area contributed by atoms with Crippen LogP contribution in [-0.4, -0.2) is 46.4 Å². The molecule has 1 amide bonds. The van der Waals surface area contributed by atoms with Crippen LogP contribution in [0.25, 0.3) is 0 Å². The van der Waals surface area contributed by atoms with E-state index < -0.39 is 0 Å². The molecule has 0 radical (unpaired) electrons. The second-order valence-corrected chi connectivity index (χ2v) is 7.10. The fourth-order valence-electron chi connectivity index (χ4n) is 4.34. The molecule has 6 nitrogen and oxygen atoms in total. The minimum absolute atomic E-state index is 0.171. The Balaban J connectivity index is 1.39. The molecule has 2 aliphatic rings. The number of hydrogen-bond acceptors (Lipinski definition) is 4. The molecule has 2 heterocycles. The summed E-state index contributed by atoms with van der Waals surface area (Å²) in [5.74, 6) is 2.34. The first-order valence-electron chi connectivity index (χ1n) is 9.30. The van der Waals surface area contributed by atoms with Crippen molar-refractivity contribution in [2.24, 2.45) is 5.92 Å². The second-order valence-electron chi connectivity index (χ2n) is 7.10. The van der Waals surface area contributed by atoms with Crippen LogP contribution in [0.2, 0.25) is 0 Å². The van der Waals surface area contributed by atoms with Crippen molar-refractivity contribution in [3.05, 3.63) is 42.7 Å². The number of benzene rings is 1. The molecule has 0 N–H and O–H groups in total. The van der Waals surface area contributed by atoms with Gasteiger partial charge >= 0.3 is 0 Å². The molecule has 2 bridgehead atoms. The largest absolute Gasteiger partial charge is 0.497 e. The van der Waals surface area contributed by atoms with E-state index in [1.54, 1.807) is 13.3 Å². The lowest BCUT2D eigenvalue weighted by Gasteiger charge is -2.35. The molecule has 1 aliphatic heterocycles. The van der Waals surface area contributed by atoms with E-state index >= 15 is 0 Å². The van der Waals surface area contributed by atoms with E-state index in [2.05, 4.69) is 10.00 Å². The first kappa shape index (κ1) is 16.9. The standard InChI is InChI=1S/C20H25N3O3/c1-25-17-4-2-5-18(13-17)26-14-19-15-6-7-16(12-15)23(19)20(24)8-11-22-10-3-9-21-22/h2-5,9-10,13,15-16,19H,6-8,11-12,14H2,1H3/t15-,16-,19+/m1/s1. The third kappa shape index (κ3) is 3.41. The highest BCUT2D eigenvalue weighted by Crippen LogP contribution is 2.43. The molecule has 6 heteroatoms. The third-order valence-electron chi connectivity index (χ3n) is 5.60. The van der Waals surface area contributed by atoms with Gasteiger partial charge in [0, 0.05) is 37.5 Å². The van der Waals surface area contributed by atoms with E-state index in [-0.39, 0.29) is 11.9 Å². The maximum atomic E-state index is 12.9. The predicted octanol–water partition coefficient (Wildman–Crippen LogP) is 2.74. The molecule has 0 spiro atoms. The quantitative estimate of drug-likeness (QED) is 0.766. The highest BCUT2D eigenvalue weighted by Gasteiger charge is 2.47. The number of carbonyl (C=O) groups excluding carboxylic acids is 1. The average molecular weight is 355 g/mol. The Morgan fingerprint density at radius 3 is 2.96 bits per heavy atom. The van der Waals surface area contributed by atoms with E-state index in [9.17, 15) is 4.79 Å². The number of fused-ring (bicyclic) bond motifs is 2. The minimum Gasteiger partial charge on any atom is -0.497 e. The van der Waals surface area contributed by atoms with Crippen LogP contribution >= 0.6 is 0 Å². The molecular formula is C20H25N3O3. The number of ether oxygens (including phenoxy) is 2. The van der Waals surface area contributed by atoms with Crippen molar-refractivity contribution < 1.29 is 14.3 Å². The van der Waals surface area contributed by atoms with Crippen LogP contribution in [0.4, 0.5) is 0 Å². The van der Waals surface area contributed by atoms with Gasteiger partial charge in [0.05, 0.1) is 13.2 Å². The Bertz CT molecular complexity index is 747. The molecular weight excluding hydrogens is 330 g/mol. The van der Waals surface area contributed by atoms with Crippen LogP contribution in [-0.2, 0) is 11.3 Å². The first-order chi connectivity index (χ1) is 12.7. The lowest BCUT2D eigenvalue weighted by atomic mass is 9.99. The highest BCUT2D eigenvalue weighted by molar-refractivity contribution is 5.77. The van der Waals surface area contributed by atoms with E-state index in [4.69, 9.17) is 9.47 Å². The second kappa shape index (κ2) is 7.40. The molecule has 3 atom stereocenters. The lowest BCUT2D eigenvalue weighted by Crippen LogP contribution is -2.48. The summed E-state index contributed by atoms with van der Waals surface area (Å²) < 4.78 is 13.1. The van der Waals surface area contributed by atoms with Crippen LogP contribution in [0, 0.1) is 5.92 Å². The van der Waals surface area contributed by atoms with Gasteiger partial charge in [-0.15, -0.1) is 0 Å². The SMILES string of the molecule is COc1cccc(OC[C@H]2[C@@H]3CC[C@H](C3)N2C(=O)CCn2cccn2)c1. The van der Waals surface area contributed by atoms with Crippen molar-refractivity contribution in [1.29, 1.82) is 0 Å². The van der Waals surface area contributed by atoms with Gasteiger partial charge < -0.3 is 14.4 Å². The van der Waals surface area contributed by atoms with Gasteiger partial charge in [0.25, 0.3) is 0 Å². The van der Waals surface area contributed by atoms with Gasteiger partial charge in [-0.05, 0) is 43.4 Å². The van der Waals surface area contributed by atoms with Crippen LogP contribution in [0.1, 0.15) is 25.7 Å². The summed E-state index contributed by atoms with van der Waals surface area (Å²) in [5, 5.41) is 4.18. The summed E-state index contributed by atoms with van der Waals surface area (Å²) in [6.45, 7) is 1.17. The Kier molecular flexibility index (Phi) is 4.82. The fourth-order valence-corrected chi connectivity index (χ4v) is 4.34. The average Bonchev–Trinajstić information content (AvgIpc) is 3.41. The van der Waals surface area contributed by atoms with Gasteiger partial charge in [-0.3, -0.25) is 9.48 Å². The lowest BCUT2D eigenvalue weighted by molar-refractivity contribution is -0.136. The number of nitrogens with zero attached hydrogens (tertiary/aromatic N) is 3. The summed E-state index contributed by atoms with van der Waals surface area (Å²) in [6.07, 6.45) is 7.55. The molecule has 26 heavy (non-hydrogen) atoms. The zero-order valence-electron chi connectivity index (χ0n) is 15.1. The van der Waals surface area contributed by atoms with E-state index in [1.807, 2.05) is 41.2 Å². The van der Waals surface area contributed by atoms with E-state index in [1.165, 1.54) is 6.42 Å². The number of methoxy groups -OCH3 is 1. The van der Waals surface area contributed by atoms with Crippen molar-refractivity contribution in [3.8, 4) is 11.5 Å². The van der Waals surface area contributed by atoms with Crippen LogP contribution in [0.15, 0.2) is 42.7 Å². The zero-order valence-corrected chi connectivity index (χ0v) is 15.1. The van der Waals surface area contributed by atoms with Crippen molar-refractivity contribution in [2.75, 3.05) is 13.7 Å². The van der Waals surface area contributed by atoms with Crippen LogP contribution in [0.5, 0.6) is 11.5 Å². The molecule has 1 aromatic heterocycles. The highest BCUT2D eigenvalue weighted by atomic mass is 16.5. The number of aryl methyl sites for hydroxylation is 1. The van der Waals surface area contributed by atoms with Crippen molar-refractivity contribution in [3.63, 3.8) is 0 Å². The van der Waals surface area contributed by atoms with E-state index in [0.29, 0.717) is 31.5 Å².